The van der Waals surface area contributed by atoms with E-state index in [4.69, 9.17) is 0 Å². The first-order valence-electron chi connectivity index (χ1n) is 10.2. The van der Waals surface area contributed by atoms with Crippen LogP contribution in [0.4, 0.5) is 15.2 Å². The summed E-state index contributed by atoms with van der Waals surface area (Å²) in [4.78, 5) is 9.07. The molecule has 3 aromatic rings. The van der Waals surface area contributed by atoms with E-state index < -0.39 is 0 Å². The summed E-state index contributed by atoms with van der Waals surface area (Å²) in [7, 11) is 0. The predicted octanol–water partition coefficient (Wildman–Crippen LogP) is 4.93. The van der Waals surface area contributed by atoms with E-state index in [1.54, 1.807) is 6.07 Å². The molecule has 0 amide bonds. The summed E-state index contributed by atoms with van der Waals surface area (Å²) >= 11 is 1.49. The number of benzene rings is 2. The lowest BCUT2D eigenvalue weighted by Gasteiger charge is -2.35. The Morgan fingerprint density at radius 2 is 1.90 bits per heavy atom. The number of aromatic nitrogens is 1. The molecule has 156 valence electrons. The fourth-order valence-electron chi connectivity index (χ4n) is 3.56. The molecular weight excluding hydrogens is 397 g/mol. The Morgan fingerprint density at radius 1 is 1.13 bits per heavy atom. The minimum Gasteiger partial charge on any atom is -0.367 e. The fraction of sp³-hybridized carbons (Fsp3) is 0.304. The third kappa shape index (κ3) is 4.68. The molecule has 0 unspecified atom stereocenters. The van der Waals surface area contributed by atoms with E-state index in [1.807, 2.05) is 54.8 Å². The quantitative estimate of drug-likeness (QED) is 0.451. The lowest BCUT2D eigenvalue weighted by atomic mass is 10.1. The van der Waals surface area contributed by atoms with Crippen molar-refractivity contribution in [3.05, 3.63) is 65.3 Å². The van der Waals surface area contributed by atoms with Crippen LogP contribution in [0.2, 0.25) is 0 Å². The van der Waals surface area contributed by atoms with E-state index >= 15 is 0 Å². The Kier molecular flexibility index (Phi) is 6.40. The smallest absolute Gasteiger partial charge is 0.203 e. The Hall–Kier alpha value is -2.77. The largest absolute Gasteiger partial charge is 0.367 e. The molecule has 0 saturated carbocycles. The van der Waals surface area contributed by atoms with Gasteiger partial charge in [-0.25, -0.2) is 9.37 Å². The zero-order valence-corrected chi connectivity index (χ0v) is 18.1. The van der Waals surface area contributed by atoms with Crippen LogP contribution in [0.5, 0.6) is 0 Å². The van der Waals surface area contributed by atoms with Crippen LogP contribution >= 0.6 is 11.3 Å². The van der Waals surface area contributed by atoms with Crippen molar-refractivity contribution in [2.75, 3.05) is 43.0 Å². The highest BCUT2D eigenvalue weighted by molar-refractivity contribution is 7.14. The number of nitrogens with one attached hydrogen (secondary N) is 1. The van der Waals surface area contributed by atoms with Crippen LogP contribution in [-0.2, 0) is 0 Å². The lowest BCUT2D eigenvalue weighted by molar-refractivity contribution is 0.270. The average molecular weight is 424 g/mol. The molecule has 0 aliphatic carbocycles. The molecule has 1 fully saturated rings. The van der Waals surface area contributed by atoms with Gasteiger partial charge in [-0.2, -0.15) is 5.10 Å². The van der Waals surface area contributed by atoms with Crippen LogP contribution in [-0.4, -0.2) is 48.3 Å². The van der Waals surface area contributed by atoms with Crippen molar-refractivity contribution in [2.45, 2.75) is 13.8 Å². The molecule has 1 aliphatic heterocycles. The van der Waals surface area contributed by atoms with Gasteiger partial charge in [0.25, 0.3) is 0 Å². The summed E-state index contributed by atoms with van der Waals surface area (Å²) in [5.74, 6) is -0.201. The minimum atomic E-state index is -0.201. The summed E-state index contributed by atoms with van der Waals surface area (Å²) < 4.78 is 14.8. The van der Waals surface area contributed by atoms with Crippen molar-refractivity contribution in [2.24, 2.45) is 5.10 Å². The predicted molar refractivity (Wildman–Crippen MR) is 124 cm³/mol. The number of hydrogen-bond donors (Lipinski definition) is 1. The zero-order valence-electron chi connectivity index (χ0n) is 17.3. The molecule has 0 atom stereocenters. The summed E-state index contributed by atoms with van der Waals surface area (Å²) in [6, 6.07) is 15.4. The number of anilines is 2. The van der Waals surface area contributed by atoms with Crippen LogP contribution in [0.3, 0.4) is 0 Å². The van der Waals surface area contributed by atoms with Gasteiger partial charge in [-0.3, -0.25) is 5.43 Å². The average Bonchev–Trinajstić information content (AvgIpc) is 3.27. The summed E-state index contributed by atoms with van der Waals surface area (Å²) in [5.41, 5.74) is 7.12. The second kappa shape index (κ2) is 9.36. The number of likely N-dealkylation sites (N-methyl/N-ethyl adjacent to an activating group) is 1. The highest BCUT2D eigenvalue weighted by Crippen LogP contribution is 2.25. The second-order valence-corrected chi connectivity index (χ2v) is 8.16. The first-order chi connectivity index (χ1) is 14.6. The standard InChI is InChI=1S/C23H26FN5S/c1-3-28-11-13-29(14-12-28)22-10-9-19(15-20(22)24)17(2)26-27-23-25-21(16-30-23)18-7-5-4-6-8-18/h4-10,15-16H,3,11-14H2,1-2H3,(H,25,27)/b26-17-. The maximum atomic E-state index is 14.8. The second-order valence-electron chi connectivity index (χ2n) is 7.30. The van der Waals surface area contributed by atoms with Crippen molar-refractivity contribution in [1.82, 2.24) is 9.88 Å². The van der Waals surface area contributed by atoms with Gasteiger partial charge < -0.3 is 9.80 Å². The van der Waals surface area contributed by atoms with Crippen molar-refractivity contribution in [3.8, 4) is 11.3 Å². The van der Waals surface area contributed by atoms with Crippen molar-refractivity contribution < 1.29 is 4.39 Å². The Balaban J connectivity index is 1.42. The van der Waals surface area contributed by atoms with E-state index in [-0.39, 0.29) is 5.82 Å². The number of piperazine rings is 1. The summed E-state index contributed by atoms with van der Waals surface area (Å²) in [6.07, 6.45) is 0. The Labute approximate surface area is 180 Å². The molecule has 0 spiro atoms. The van der Waals surface area contributed by atoms with Crippen molar-refractivity contribution in [1.29, 1.82) is 0 Å². The first kappa shape index (κ1) is 20.5. The van der Waals surface area contributed by atoms with E-state index in [9.17, 15) is 4.39 Å². The van der Waals surface area contributed by atoms with Gasteiger partial charge in [0.2, 0.25) is 5.13 Å². The third-order valence-electron chi connectivity index (χ3n) is 5.42. The number of nitrogens with zero attached hydrogens (tertiary/aromatic N) is 4. The van der Waals surface area contributed by atoms with Crippen LogP contribution in [0.1, 0.15) is 19.4 Å². The summed E-state index contributed by atoms with van der Waals surface area (Å²) in [6.45, 7) is 8.73. The molecule has 4 rings (SSSR count). The maximum Gasteiger partial charge on any atom is 0.203 e. The van der Waals surface area contributed by atoms with E-state index in [2.05, 4.69) is 32.2 Å². The molecule has 1 aromatic heterocycles. The zero-order chi connectivity index (χ0) is 20.9. The van der Waals surface area contributed by atoms with Crippen LogP contribution in [0, 0.1) is 5.82 Å². The fourth-order valence-corrected chi connectivity index (χ4v) is 4.22. The van der Waals surface area contributed by atoms with Gasteiger partial charge >= 0.3 is 0 Å². The van der Waals surface area contributed by atoms with Crippen LogP contribution in [0.15, 0.2) is 59.0 Å². The maximum absolute atomic E-state index is 14.8. The lowest BCUT2D eigenvalue weighted by Crippen LogP contribution is -2.46. The van der Waals surface area contributed by atoms with Gasteiger partial charge in [0.1, 0.15) is 5.82 Å². The number of hydrazone groups is 1. The number of hydrogen-bond acceptors (Lipinski definition) is 6. The third-order valence-corrected chi connectivity index (χ3v) is 6.17. The molecule has 5 nitrogen and oxygen atoms in total. The normalized spacial score (nSPS) is 15.4. The van der Waals surface area contributed by atoms with Gasteiger partial charge in [-0.05, 0) is 25.6 Å². The Morgan fingerprint density at radius 3 is 2.60 bits per heavy atom. The topological polar surface area (TPSA) is 43.8 Å². The molecule has 1 aliphatic rings. The molecule has 0 bridgehead atoms. The van der Waals surface area contributed by atoms with Gasteiger partial charge in [0.15, 0.2) is 0 Å². The van der Waals surface area contributed by atoms with Crippen molar-refractivity contribution in [3.63, 3.8) is 0 Å². The van der Waals surface area contributed by atoms with E-state index in [0.717, 1.165) is 49.5 Å². The minimum absolute atomic E-state index is 0.201. The number of rotatable bonds is 6. The monoisotopic (exact) mass is 423 g/mol. The van der Waals surface area contributed by atoms with Crippen LogP contribution < -0.4 is 10.3 Å². The molecule has 30 heavy (non-hydrogen) atoms. The molecule has 2 heterocycles. The van der Waals surface area contributed by atoms with Gasteiger partial charge in [-0.15, -0.1) is 11.3 Å². The molecule has 1 saturated heterocycles. The number of thiazole rings is 1. The highest BCUT2D eigenvalue weighted by atomic mass is 32.1. The SMILES string of the molecule is CCN1CCN(c2ccc(/C(C)=N\Nc3nc(-c4ccccc4)cs3)cc2F)CC1. The van der Waals surface area contributed by atoms with E-state index in [0.29, 0.717) is 16.5 Å². The van der Waals surface area contributed by atoms with Gasteiger partial charge in [0.05, 0.1) is 17.1 Å². The Bertz CT molecular complexity index is 1010. The molecule has 1 N–H and O–H groups in total. The highest BCUT2D eigenvalue weighted by Gasteiger charge is 2.19. The molecule has 7 heteroatoms. The van der Waals surface area contributed by atoms with E-state index in [1.165, 1.54) is 11.3 Å². The molecular formula is C23H26FN5S. The van der Waals surface area contributed by atoms with Crippen molar-refractivity contribution >= 4 is 27.9 Å². The molecule has 2 aromatic carbocycles. The number of halogens is 1. The van der Waals surface area contributed by atoms with Crippen LogP contribution in [0.25, 0.3) is 11.3 Å². The first-order valence-corrected chi connectivity index (χ1v) is 11.1. The van der Waals surface area contributed by atoms with Gasteiger partial charge in [-0.1, -0.05) is 43.3 Å². The van der Waals surface area contributed by atoms with Gasteiger partial charge in [0, 0.05) is 42.7 Å². The molecule has 0 radical (unpaired) electrons. The summed E-state index contributed by atoms with van der Waals surface area (Å²) in [5, 5.41) is 7.11.